The lowest BCUT2D eigenvalue weighted by atomic mass is 10.1. The number of hydrogen-bond acceptors (Lipinski definition) is 7. The maximum atomic E-state index is 12.9. The Kier molecular flexibility index (Phi) is 5.36. The number of carbonyl (C=O) groups excluding carboxylic acids is 2. The standard InChI is InChI=1S/C20H15ClN6O3/c1-13-17(24-25-27(13)16-10-6-5-9-15(16)21)20(29)30-19(26-12-22-11-23-26)18(28)14-7-3-2-4-8-14/h2-12,19H,1H3/t19-/m0/s1. The highest BCUT2D eigenvalue weighted by molar-refractivity contribution is 6.32. The molecule has 9 nitrogen and oxygen atoms in total. The van der Waals surface area contributed by atoms with Crippen molar-refractivity contribution in [2.75, 3.05) is 0 Å². The molecule has 2 heterocycles. The number of carbonyl (C=O) groups is 2. The van der Waals surface area contributed by atoms with Gasteiger partial charge in [0.2, 0.25) is 5.78 Å². The summed E-state index contributed by atoms with van der Waals surface area (Å²) in [7, 11) is 0. The number of ketones is 1. The summed E-state index contributed by atoms with van der Waals surface area (Å²) < 4.78 is 8.08. The van der Waals surface area contributed by atoms with Crippen LogP contribution in [0.25, 0.3) is 5.69 Å². The van der Waals surface area contributed by atoms with Gasteiger partial charge in [0.1, 0.15) is 12.7 Å². The SMILES string of the molecule is Cc1c(C(=O)O[C@@H](C(=O)c2ccccc2)n2cncn2)nnn1-c1ccccc1Cl. The first-order chi connectivity index (χ1) is 14.6. The van der Waals surface area contributed by atoms with Crippen molar-refractivity contribution in [2.24, 2.45) is 0 Å². The molecule has 4 rings (SSSR count). The van der Waals surface area contributed by atoms with Crippen LogP contribution in [0.4, 0.5) is 0 Å². The molecule has 30 heavy (non-hydrogen) atoms. The van der Waals surface area contributed by atoms with E-state index in [1.807, 2.05) is 0 Å². The second-order valence-electron chi connectivity index (χ2n) is 6.25. The normalized spacial score (nSPS) is 11.8. The number of nitrogens with zero attached hydrogens (tertiary/aromatic N) is 6. The predicted octanol–water partition coefficient (Wildman–Crippen LogP) is 3.06. The van der Waals surface area contributed by atoms with Crippen molar-refractivity contribution < 1.29 is 14.3 Å². The molecular weight excluding hydrogens is 408 g/mol. The molecule has 0 unspecified atom stereocenters. The number of benzene rings is 2. The van der Waals surface area contributed by atoms with E-state index in [0.717, 1.165) is 0 Å². The first-order valence-electron chi connectivity index (χ1n) is 8.88. The zero-order valence-electron chi connectivity index (χ0n) is 15.7. The van der Waals surface area contributed by atoms with Gasteiger partial charge in [-0.1, -0.05) is 59.3 Å². The van der Waals surface area contributed by atoms with E-state index in [1.165, 1.54) is 22.0 Å². The van der Waals surface area contributed by atoms with E-state index in [4.69, 9.17) is 16.3 Å². The van der Waals surface area contributed by atoms with Gasteiger partial charge >= 0.3 is 5.97 Å². The summed E-state index contributed by atoms with van der Waals surface area (Å²) in [5.41, 5.74) is 1.30. The van der Waals surface area contributed by atoms with E-state index in [-0.39, 0.29) is 5.69 Å². The Morgan fingerprint density at radius 2 is 1.80 bits per heavy atom. The van der Waals surface area contributed by atoms with Gasteiger partial charge in [0.05, 0.1) is 16.4 Å². The number of rotatable bonds is 6. The molecule has 0 radical (unpaired) electrons. The maximum absolute atomic E-state index is 12.9. The smallest absolute Gasteiger partial charge is 0.363 e. The lowest BCUT2D eigenvalue weighted by molar-refractivity contribution is 0.00738. The molecule has 0 spiro atoms. The summed E-state index contributed by atoms with van der Waals surface area (Å²) in [6.45, 7) is 1.66. The molecule has 150 valence electrons. The highest BCUT2D eigenvalue weighted by Gasteiger charge is 2.30. The molecule has 0 saturated heterocycles. The fraction of sp³-hybridized carbons (Fsp3) is 0.100. The first kappa shape index (κ1) is 19.5. The molecule has 0 aliphatic rings. The molecule has 0 aliphatic heterocycles. The molecule has 2 aromatic heterocycles. The summed E-state index contributed by atoms with van der Waals surface area (Å²) in [6, 6.07) is 15.5. The Bertz CT molecular complexity index is 1190. The summed E-state index contributed by atoms with van der Waals surface area (Å²) in [5, 5.41) is 12.3. The minimum atomic E-state index is -1.34. The van der Waals surface area contributed by atoms with Crippen LogP contribution in [0, 0.1) is 6.92 Å². The number of esters is 1. The van der Waals surface area contributed by atoms with Crippen LogP contribution in [0.3, 0.4) is 0 Å². The highest BCUT2D eigenvalue weighted by atomic mass is 35.5. The van der Waals surface area contributed by atoms with E-state index < -0.39 is 18.0 Å². The zero-order valence-corrected chi connectivity index (χ0v) is 16.5. The van der Waals surface area contributed by atoms with E-state index >= 15 is 0 Å². The van der Waals surface area contributed by atoms with E-state index in [9.17, 15) is 9.59 Å². The van der Waals surface area contributed by atoms with Gasteiger partial charge in [-0.25, -0.2) is 19.1 Å². The average Bonchev–Trinajstić information content (AvgIpc) is 3.43. The van der Waals surface area contributed by atoms with Gasteiger partial charge in [-0.2, -0.15) is 5.10 Å². The number of halogens is 1. The molecule has 0 amide bonds. The predicted molar refractivity (Wildman–Crippen MR) is 106 cm³/mol. The Labute approximate surface area is 175 Å². The third-order valence-electron chi connectivity index (χ3n) is 4.35. The van der Waals surface area contributed by atoms with Crippen LogP contribution in [0.15, 0.2) is 67.3 Å². The number of Topliss-reactive ketones (excluding diaryl/α,β-unsaturated/α-hetero) is 1. The third kappa shape index (κ3) is 3.70. The van der Waals surface area contributed by atoms with Crippen molar-refractivity contribution >= 4 is 23.4 Å². The Hall–Kier alpha value is -3.85. The van der Waals surface area contributed by atoms with Crippen molar-refractivity contribution in [3.8, 4) is 5.69 Å². The number of para-hydroxylation sites is 1. The summed E-state index contributed by atoms with van der Waals surface area (Å²) in [5.74, 6) is -1.28. The van der Waals surface area contributed by atoms with E-state index in [0.29, 0.717) is 22.0 Å². The Morgan fingerprint density at radius 1 is 1.07 bits per heavy atom. The molecule has 4 aromatic rings. The van der Waals surface area contributed by atoms with Gasteiger partial charge in [0, 0.05) is 5.56 Å². The van der Waals surface area contributed by atoms with Crippen LogP contribution < -0.4 is 0 Å². The molecule has 1 atom stereocenters. The number of hydrogen-bond donors (Lipinski definition) is 0. The summed E-state index contributed by atoms with van der Waals surface area (Å²) in [6.07, 6.45) is 1.21. The third-order valence-corrected chi connectivity index (χ3v) is 4.67. The molecule has 2 aromatic carbocycles. The number of aromatic nitrogens is 6. The van der Waals surface area contributed by atoms with Crippen LogP contribution in [-0.4, -0.2) is 41.5 Å². The lowest BCUT2D eigenvalue weighted by Gasteiger charge is -2.16. The van der Waals surface area contributed by atoms with Crippen LogP contribution in [0.1, 0.15) is 32.8 Å². The maximum Gasteiger partial charge on any atom is 0.363 e. The van der Waals surface area contributed by atoms with Gasteiger partial charge in [-0.05, 0) is 19.1 Å². The average molecular weight is 423 g/mol. The molecule has 0 fully saturated rings. The second-order valence-corrected chi connectivity index (χ2v) is 6.66. The molecule has 0 N–H and O–H groups in total. The minimum Gasteiger partial charge on any atom is -0.427 e. The van der Waals surface area contributed by atoms with Crippen molar-refractivity contribution in [1.82, 2.24) is 29.8 Å². The van der Waals surface area contributed by atoms with Crippen LogP contribution in [-0.2, 0) is 4.74 Å². The fourth-order valence-corrected chi connectivity index (χ4v) is 3.05. The highest BCUT2D eigenvalue weighted by Crippen LogP contribution is 2.23. The minimum absolute atomic E-state index is 0.0408. The quantitative estimate of drug-likeness (QED) is 0.347. The number of ether oxygens (including phenoxy) is 1. The first-order valence-corrected chi connectivity index (χ1v) is 9.25. The molecule has 0 saturated carbocycles. The second kappa shape index (κ2) is 8.26. The van der Waals surface area contributed by atoms with Crippen molar-refractivity contribution in [3.05, 3.63) is 89.2 Å². The monoisotopic (exact) mass is 422 g/mol. The van der Waals surface area contributed by atoms with Gasteiger partial charge < -0.3 is 4.74 Å². The Balaban J connectivity index is 1.64. The molecule has 10 heteroatoms. The van der Waals surface area contributed by atoms with Gasteiger partial charge in [0.15, 0.2) is 5.69 Å². The van der Waals surface area contributed by atoms with Crippen molar-refractivity contribution in [1.29, 1.82) is 0 Å². The molecule has 0 bridgehead atoms. The fourth-order valence-electron chi connectivity index (χ4n) is 2.84. The topological polar surface area (TPSA) is 105 Å². The largest absolute Gasteiger partial charge is 0.427 e. The van der Waals surface area contributed by atoms with E-state index in [2.05, 4.69) is 20.4 Å². The van der Waals surface area contributed by atoms with Gasteiger partial charge in [0.25, 0.3) is 6.23 Å². The Morgan fingerprint density at radius 3 is 2.50 bits per heavy atom. The van der Waals surface area contributed by atoms with Crippen LogP contribution in [0.5, 0.6) is 0 Å². The zero-order chi connectivity index (χ0) is 21.1. The molecular formula is C20H15ClN6O3. The van der Waals surface area contributed by atoms with Gasteiger partial charge in [-0.3, -0.25) is 4.79 Å². The van der Waals surface area contributed by atoms with Crippen molar-refractivity contribution in [2.45, 2.75) is 13.2 Å². The van der Waals surface area contributed by atoms with Gasteiger partial charge in [-0.15, -0.1) is 5.10 Å². The van der Waals surface area contributed by atoms with Crippen LogP contribution >= 0.6 is 11.6 Å². The summed E-state index contributed by atoms with van der Waals surface area (Å²) >= 11 is 6.21. The lowest BCUT2D eigenvalue weighted by Crippen LogP contribution is -2.26. The summed E-state index contributed by atoms with van der Waals surface area (Å²) in [4.78, 5) is 29.6. The van der Waals surface area contributed by atoms with E-state index in [1.54, 1.807) is 61.5 Å². The van der Waals surface area contributed by atoms with Crippen LogP contribution in [0.2, 0.25) is 5.02 Å². The van der Waals surface area contributed by atoms with Crippen molar-refractivity contribution in [3.63, 3.8) is 0 Å². The molecule has 0 aliphatic carbocycles.